The number of likely N-dealkylation sites (N-methyl/N-ethyl adjacent to an activating group) is 1. The fraction of sp³-hybridized carbons (Fsp3) is 0.273. The molecule has 0 saturated carbocycles. The molecule has 1 fully saturated rings. The number of imidazole rings is 1. The molecule has 2 aromatic carbocycles. The van der Waals surface area contributed by atoms with Gasteiger partial charge in [-0.2, -0.15) is 0 Å². The molecule has 4 rings (SSSR count). The third-order valence-corrected chi connectivity index (χ3v) is 4.82. The third kappa shape index (κ3) is 3.98. The van der Waals surface area contributed by atoms with Crippen LogP contribution in [0.5, 0.6) is 0 Å². The number of ether oxygens (including phenoxy) is 2. The first-order valence-corrected chi connectivity index (χ1v) is 9.36. The molecule has 0 bridgehead atoms. The van der Waals surface area contributed by atoms with Crippen LogP contribution in [0.1, 0.15) is 10.4 Å². The number of hydrogen-bond donors (Lipinski definition) is 1. The zero-order valence-corrected chi connectivity index (χ0v) is 15.8. The summed E-state index contributed by atoms with van der Waals surface area (Å²) >= 11 is 0. The third-order valence-electron chi connectivity index (χ3n) is 4.82. The summed E-state index contributed by atoms with van der Waals surface area (Å²) in [6, 6.07) is 17.6. The first kappa shape index (κ1) is 18.4. The highest BCUT2D eigenvalue weighted by Gasteiger charge is 2.20. The fourth-order valence-electron chi connectivity index (χ4n) is 3.36. The molecule has 1 aliphatic rings. The normalized spacial score (nSPS) is 16.7. The molecule has 144 valence electrons. The Balaban J connectivity index is 1.48. The zero-order chi connectivity index (χ0) is 19.3. The number of hydrogen-bond acceptors (Lipinski definition) is 4. The molecule has 0 aliphatic carbocycles. The number of carbonyl (C=O) groups is 1. The lowest BCUT2D eigenvalue weighted by Gasteiger charge is -2.27. The molecule has 1 aliphatic heterocycles. The van der Waals surface area contributed by atoms with E-state index in [1.54, 1.807) is 18.3 Å². The number of amides is 1. The molecule has 1 aromatic heterocycles. The lowest BCUT2D eigenvalue weighted by Crippen LogP contribution is -2.40. The van der Waals surface area contributed by atoms with E-state index in [1.165, 1.54) is 0 Å². The number of rotatable bonds is 5. The Morgan fingerprint density at radius 3 is 2.61 bits per heavy atom. The number of nitrogens with zero attached hydrogens (tertiary/aromatic N) is 2. The molecular formula is C22H23N3O3. The highest BCUT2D eigenvalue weighted by atomic mass is 16.6. The van der Waals surface area contributed by atoms with Gasteiger partial charge in [0.1, 0.15) is 0 Å². The number of benzene rings is 2. The van der Waals surface area contributed by atoms with Crippen molar-refractivity contribution >= 4 is 5.91 Å². The van der Waals surface area contributed by atoms with Crippen LogP contribution in [0.4, 0.5) is 0 Å². The molecule has 0 radical (unpaired) electrons. The second-order valence-corrected chi connectivity index (χ2v) is 6.82. The van der Waals surface area contributed by atoms with Gasteiger partial charge in [0.2, 0.25) is 0 Å². The molecular weight excluding hydrogens is 354 g/mol. The van der Waals surface area contributed by atoms with Crippen molar-refractivity contribution < 1.29 is 14.3 Å². The number of carbonyl (C=O) groups excluding carboxylic acids is 1. The Hall–Kier alpha value is -2.96. The standard InChI is InChI=1S/C22H23N3O3/c1-25(13-19-14-27-11-12-28-19)22(26)18-9-7-17(8-10-18)21-20(23-15-24-21)16-5-3-2-4-6-16/h2-10,15,19H,11-14H2,1H3,(H,23,24)/t19-/m0/s1. The topological polar surface area (TPSA) is 67.5 Å². The maximum Gasteiger partial charge on any atom is 0.253 e. The average molecular weight is 377 g/mol. The summed E-state index contributed by atoms with van der Waals surface area (Å²) in [5.41, 5.74) is 4.51. The lowest BCUT2D eigenvalue weighted by molar-refractivity contribution is -0.0933. The number of aromatic amines is 1. The average Bonchev–Trinajstić information content (AvgIpc) is 3.24. The van der Waals surface area contributed by atoms with Crippen molar-refractivity contribution in [3.05, 3.63) is 66.5 Å². The summed E-state index contributed by atoms with van der Waals surface area (Å²) in [5.74, 6) is -0.0337. The van der Waals surface area contributed by atoms with Crippen LogP contribution in [0.25, 0.3) is 22.5 Å². The minimum Gasteiger partial charge on any atom is -0.376 e. The maximum atomic E-state index is 12.7. The number of nitrogens with one attached hydrogen (secondary N) is 1. The fourth-order valence-corrected chi connectivity index (χ4v) is 3.36. The van der Waals surface area contributed by atoms with E-state index in [4.69, 9.17) is 9.47 Å². The van der Waals surface area contributed by atoms with Gasteiger partial charge in [0.15, 0.2) is 0 Å². The minimum absolute atomic E-state index is 0.0337. The number of H-pyrrole nitrogens is 1. The van der Waals surface area contributed by atoms with Crippen LogP contribution in [0.3, 0.4) is 0 Å². The predicted octanol–water partition coefficient (Wildman–Crippen LogP) is 3.23. The van der Waals surface area contributed by atoms with Crippen molar-refractivity contribution in [3.8, 4) is 22.5 Å². The second kappa shape index (κ2) is 8.37. The van der Waals surface area contributed by atoms with Crippen LogP contribution in [0, 0.1) is 0 Å². The zero-order valence-electron chi connectivity index (χ0n) is 15.8. The summed E-state index contributed by atoms with van der Waals surface area (Å²) in [7, 11) is 1.79. The molecule has 6 nitrogen and oxygen atoms in total. The summed E-state index contributed by atoms with van der Waals surface area (Å²) in [6.07, 6.45) is 1.62. The van der Waals surface area contributed by atoms with Crippen molar-refractivity contribution in [3.63, 3.8) is 0 Å². The van der Waals surface area contributed by atoms with Gasteiger partial charge < -0.3 is 19.4 Å². The van der Waals surface area contributed by atoms with Crippen molar-refractivity contribution in [1.29, 1.82) is 0 Å². The quantitative estimate of drug-likeness (QED) is 0.741. The summed E-state index contributed by atoms with van der Waals surface area (Å²) in [6.45, 7) is 2.24. The summed E-state index contributed by atoms with van der Waals surface area (Å²) in [4.78, 5) is 22.1. The van der Waals surface area contributed by atoms with E-state index in [9.17, 15) is 4.79 Å². The monoisotopic (exact) mass is 377 g/mol. The van der Waals surface area contributed by atoms with E-state index in [0.717, 1.165) is 22.5 Å². The van der Waals surface area contributed by atoms with Gasteiger partial charge >= 0.3 is 0 Å². The van der Waals surface area contributed by atoms with Gasteiger partial charge in [-0.1, -0.05) is 42.5 Å². The molecule has 1 saturated heterocycles. The molecule has 1 amide bonds. The molecule has 3 aromatic rings. The highest BCUT2D eigenvalue weighted by molar-refractivity contribution is 5.94. The summed E-state index contributed by atoms with van der Waals surface area (Å²) < 4.78 is 11.0. The molecule has 2 heterocycles. The Morgan fingerprint density at radius 2 is 1.89 bits per heavy atom. The summed E-state index contributed by atoms with van der Waals surface area (Å²) in [5, 5.41) is 0. The first-order valence-electron chi connectivity index (χ1n) is 9.36. The molecule has 0 unspecified atom stereocenters. The Bertz CT molecular complexity index is 916. The van der Waals surface area contributed by atoms with Crippen molar-refractivity contribution in [2.75, 3.05) is 33.4 Å². The van der Waals surface area contributed by atoms with Gasteiger partial charge in [0.25, 0.3) is 5.91 Å². The Morgan fingerprint density at radius 1 is 1.11 bits per heavy atom. The Labute approximate surface area is 164 Å². The van der Waals surface area contributed by atoms with Crippen molar-refractivity contribution in [2.24, 2.45) is 0 Å². The van der Waals surface area contributed by atoms with E-state index in [2.05, 4.69) is 9.97 Å². The van der Waals surface area contributed by atoms with Crippen LogP contribution in [-0.4, -0.2) is 60.3 Å². The van der Waals surface area contributed by atoms with Crippen molar-refractivity contribution in [2.45, 2.75) is 6.10 Å². The van der Waals surface area contributed by atoms with Gasteiger partial charge in [0, 0.05) is 30.3 Å². The number of aromatic nitrogens is 2. The lowest BCUT2D eigenvalue weighted by atomic mass is 10.0. The van der Waals surface area contributed by atoms with Crippen LogP contribution in [0.15, 0.2) is 60.9 Å². The first-order chi connectivity index (χ1) is 13.7. The van der Waals surface area contributed by atoms with Gasteiger partial charge in [-0.15, -0.1) is 0 Å². The molecule has 1 atom stereocenters. The van der Waals surface area contributed by atoms with E-state index in [-0.39, 0.29) is 12.0 Å². The van der Waals surface area contributed by atoms with E-state index in [1.807, 2.05) is 54.6 Å². The predicted molar refractivity (Wildman–Crippen MR) is 107 cm³/mol. The van der Waals surface area contributed by atoms with Crippen molar-refractivity contribution in [1.82, 2.24) is 14.9 Å². The second-order valence-electron chi connectivity index (χ2n) is 6.82. The molecule has 28 heavy (non-hydrogen) atoms. The maximum absolute atomic E-state index is 12.7. The van der Waals surface area contributed by atoms with E-state index < -0.39 is 0 Å². The van der Waals surface area contributed by atoms with E-state index >= 15 is 0 Å². The van der Waals surface area contributed by atoms with Crippen LogP contribution >= 0.6 is 0 Å². The minimum atomic E-state index is -0.0691. The van der Waals surface area contributed by atoms with Gasteiger partial charge in [-0.25, -0.2) is 4.98 Å². The molecule has 6 heteroatoms. The van der Waals surface area contributed by atoms with Crippen LogP contribution in [0.2, 0.25) is 0 Å². The van der Waals surface area contributed by atoms with Crippen LogP contribution in [-0.2, 0) is 9.47 Å². The highest BCUT2D eigenvalue weighted by Crippen LogP contribution is 2.29. The van der Waals surface area contributed by atoms with Gasteiger partial charge in [-0.05, 0) is 12.1 Å². The molecule has 1 N–H and O–H groups in total. The smallest absolute Gasteiger partial charge is 0.253 e. The van der Waals surface area contributed by atoms with Crippen LogP contribution < -0.4 is 0 Å². The largest absolute Gasteiger partial charge is 0.376 e. The molecule has 0 spiro atoms. The van der Waals surface area contributed by atoms with E-state index in [0.29, 0.717) is 31.9 Å². The Kier molecular flexibility index (Phi) is 5.50. The van der Waals surface area contributed by atoms with Gasteiger partial charge in [0.05, 0.1) is 43.6 Å². The van der Waals surface area contributed by atoms with Gasteiger partial charge in [-0.3, -0.25) is 4.79 Å². The SMILES string of the molecule is CN(C[C@H]1COCCO1)C(=O)c1ccc(-c2[nH]cnc2-c2ccccc2)cc1.